The number of amides is 1. The van der Waals surface area contributed by atoms with E-state index in [9.17, 15) is 4.79 Å². The summed E-state index contributed by atoms with van der Waals surface area (Å²) >= 11 is 0. The standard InChI is InChI=1S/C11H17NO4/c1-11(15-3,8-14-2)7-12-10(13)9-4-5-16-6-9/h4-6H,7-8H2,1-3H3,(H,12,13)/t11-/m1/s1. The van der Waals surface area contributed by atoms with Gasteiger partial charge in [-0.2, -0.15) is 0 Å². The molecule has 1 atom stereocenters. The Morgan fingerprint density at radius 1 is 1.56 bits per heavy atom. The quantitative estimate of drug-likeness (QED) is 0.789. The largest absolute Gasteiger partial charge is 0.472 e. The first-order valence-corrected chi connectivity index (χ1v) is 4.96. The van der Waals surface area contributed by atoms with Gasteiger partial charge in [0.2, 0.25) is 0 Å². The number of carbonyl (C=O) groups excluding carboxylic acids is 1. The van der Waals surface area contributed by atoms with Crippen LogP contribution in [0.2, 0.25) is 0 Å². The van der Waals surface area contributed by atoms with E-state index < -0.39 is 5.60 Å². The monoisotopic (exact) mass is 227 g/mol. The van der Waals surface area contributed by atoms with Crippen LogP contribution in [0.1, 0.15) is 17.3 Å². The van der Waals surface area contributed by atoms with Gasteiger partial charge in [-0.15, -0.1) is 0 Å². The van der Waals surface area contributed by atoms with Gasteiger partial charge in [0.05, 0.1) is 18.4 Å². The molecule has 90 valence electrons. The number of hydrogen-bond donors (Lipinski definition) is 1. The molecule has 1 N–H and O–H groups in total. The average molecular weight is 227 g/mol. The minimum atomic E-state index is -0.520. The zero-order chi connectivity index (χ0) is 12.0. The van der Waals surface area contributed by atoms with Gasteiger partial charge in [-0.05, 0) is 13.0 Å². The van der Waals surface area contributed by atoms with Gasteiger partial charge < -0.3 is 19.2 Å². The van der Waals surface area contributed by atoms with Crippen LogP contribution in [0.3, 0.4) is 0 Å². The van der Waals surface area contributed by atoms with Crippen molar-refractivity contribution in [3.63, 3.8) is 0 Å². The maximum absolute atomic E-state index is 11.6. The normalized spacial score (nSPS) is 14.4. The Kier molecular flexibility index (Phi) is 4.52. The predicted octanol–water partition coefficient (Wildman–Crippen LogP) is 1.06. The van der Waals surface area contributed by atoms with Gasteiger partial charge in [0.1, 0.15) is 11.9 Å². The molecule has 1 aromatic rings. The highest BCUT2D eigenvalue weighted by Gasteiger charge is 2.24. The summed E-state index contributed by atoms with van der Waals surface area (Å²) in [6, 6.07) is 1.61. The van der Waals surface area contributed by atoms with Crippen LogP contribution in [-0.2, 0) is 9.47 Å². The van der Waals surface area contributed by atoms with Crippen LogP contribution < -0.4 is 5.32 Å². The molecule has 0 bridgehead atoms. The number of ether oxygens (including phenoxy) is 2. The lowest BCUT2D eigenvalue weighted by Crippen LogP contribution is -2.45. The van der Waals surface area contributed by atoms with E-state index in [2.05, 4.69) is 5.32 Å². The summed E-state index contributed by atoms with van der Waals surface area (Å²) in [7, 11) is 3.18. The molecule has 0 unspecified atom stereocenters. The molecule has 0 aliphatic rings. The number of nitrogens with one attached hydrogen (secondary N) is 1. The Bertz CT molecular complexity index is 323. The highest BCUT2D eigenvalue weighted by molar-refractivity contribution is 5.93. The molecule has 0 saturated heterocycles. The fourth-order valence-corrected chi connectivity index (χ4v) is 1.25. The molecule has 1 aromatic heterocycles. The first-order chi connectivity index (χ1) is 7.61. The van der Waals surface area contributed by atoms with Crippen LogP contribution in [0.5, 0.6) is 0 Å². The minimum Gasteiger partial charge on any atom is -0.472 e. The molecule has 0 saturated carbocycles. The molecule has 5 nitrogen and oxygen atoms in total. The van der Waals surface area contributed by atoms with Crippen LogP contribution in [0.15, 0.2) is 23.0 Å². The molecule has 0 fully saturated rings. The van der Waals surface area contributed by atoms with Gasteiger partial charge in [-0.1, -0.05) is 0 Å². The second-order valence-corrected chi connectivity index (χ2v) is 3.78. The Hall–Kier alpha value is -1.33. The molecule has 0 aliphatic heterocycles. The molecule has 0 aliphatic carbocycles. The minimum absolute atomic E-state index is 0.187. The summed E-state index contributed by atoms with van der Waals surface area (Å²) < 4.78 is 15.1. The third-order valence-corrected chi connectivity index (χ3v) is 2.35. The summed E-state index contributed by atoms with van der Waals surface area (Å²) in [5.74, 6) is -0.187. The summed E-state index contributed by atoms with van der Waals surface area (Å²) in [6.45, 7) is 2.66. The number of furan rings is 1. The Morgan fingerprint density at radius 3 is 2.81 bits per heavy atom. The lowest BCUT2D eigenvalue weighted by Gasteiger charge is -2.27. The fraction of sp³-hybridized carbons (Fsp3) is 0.545. The average Bonchev–Trinajstić information content (AvgIpc) is 2.80. The van der Waals surface area contributed by atoms with Crippen molar-refractivity contribution in [3.05, 3.63) is 24.2 Å². The Morgan fingerprint density at radius 2 is 2.31 bits per heavy atom. The Labute approximate surface area is 94.7 Å². The van der Waals surface area contributed by atoms with E-state index in [0.29, 0.717) is 18.7 Å². The van der Waals surface area contributed by atoms with Gasteiger partial charge >= 0.3 is 0 Å². The van der Waals surface area contributed by atoms with Gasteiger partial charge in [-0.25, -0.2) is 0 Å². The summed E-state index contributed by atoms with van der Waals surface area (Å²) in [4.78, 5) is 11.6. The van der Waals surface area contributed by atoms with Gasteiger partial charge in [0.25, 0.3) is 5.91 Å². The molecule has 0 radical (unpaired) electrons. The van der Waals surface area contributed by atoms with Crippen molar-refractivity contribution in [1.29, 1.82) is 0 Å². The van der Waals surface area contributed by atoms with Crippen molar-refractivity contribution in [2.24, 2.45) is 0 Å². The smallest absolute Gasteiger partial charge is 0.254 e. The maximum Gasteiger partial charge on any atom is 0.254 e. The number of rotatable bonds is 6. The lowest BCUT2D eigenvalue weighted by molar-refractivity contribution is -0.0479. The zero-order valence-electron chi connectivity index (χ0n) is 9.78. The third-order valence-electron chi connectivity index (χ3n) is 2.35. The van der Waals surface area contributed by atoms with E-state index in [1.165, 1.54) is 12.5 Å². The van der Waals surface area contributed by atoms with E-state index in [1.807, 2.05) is 6.92 Å². The van der Waals surface area contributed by atoms with Crippen molar-refractivity contribution in [3.8, 4) is 0 Å². The SMILES string of the molecule is COC[C@@](C)(CNC(=O)c1ccoc1)OC. The van der Waals surface area contributed by atoms with Crippen LogP contribution in [-0.4, -0.2) is 38.9 Å². The second-order valence-electron chi connectivity index (χ2n) is 3.78. The highest BCUT2D eigenvalue weighted by atomic mass is 16.5. The van der Waals surface area contributed by atoms with Crippen molar-refractivity contribution in [1.82, 2.24) is 5.32 Å². The predicted molar refractivity (Wildman–Crippen MR) is 58.3 cm³/mol. The van der Waals surface area contributed by atoms with Crippen LogP contribution in [0.25, 0.3) is 0 Å². The lowest BCUT2D eigenvalue weighted by atomic mass is 10.1. The van der Waals surface area contributed by atoms with E-state index >= 15 is 0 Å². The van der Waals surface area contributed by atoms with Crippen LogP contribution in [0.4, 0.5) is 0 Å². The number of methoxy groups -OCH3 is 2. The van der Waals surface area contributed by atoms with E-state index in [0.717, 1.165) is 0 Å². The molecule has 5 heteroatoms. The first kappa shape index (κ1) is 12.7. The second kappa shape index (κ2) is 5.67. The molecule has 0 aromatic carbocycles. The van der Waals surface area contributed by atoms with Gasteiger partial charge in [0, 0.05) is 20.8 Å². The first-order valence-electron chi connectivity index (χ1n) is 4.96. The van der Waals surface area contributed by atoms with E-state index in [-0.39, 0.29) is 5.91 Å². The molecule has 1 amide bonds. The summed E-state index contributed by atoms with van der Waals surface area (Å²) in [5, 5.41) is 2.76. The Balaban J connectivity index is 2.47. The topological polar surface area (TPSA) is 60.7 Å². The molecule has 0 spiro atoms. The molecule has 1 rings (SSSR count). The van der Waals surface area contributed by atoms with Gasteiger partial charge in [0.15, 0.2) is 0 Å². The maximum atomic E-state index is 11.6. The van der Waals surface area contributed by atoms with Crippen molar-refractivity contribution in [2.75, 3.05) is 27.4 Å². The van der Waals surface area contributed by atoms with E-state index in [1.54, 1.807) is 20.3 Å². The van der Waals surface area contributed by atoms with Gasteiger partial charge in [-0.3, -0.25) is 4.79 Å². The van der Waals surface area contributed by atoms with Crippen molar-refractivity contribution < 1.29 is 18.7 Å². The number of hydrogen-bond acceptors (Lipinski definition) is 4. The zero-order valence-corrected chi connectivity index (χ0v) is 9.78. The highest BCUT2D eigenvalue weighted by Crippen LogP contribution is 2.08. The van der Waals surface area contributed by atoms with Crippen LogP contribution >= 0.6 is 0 Å². The summed E-state index contributed by atoms with van der Waals surface area (Å²) in [5.41, 5.74) is -0.0235. The summed E-state index contributed by atoms with van der Waals surface area (Å²) in [6.07, 6.45) is 2.86. The molecular weight excluding hydrogens is 210 g/mol. The van der Waals surface area contributed by atoms with Crippen molar-refractivity contribution in [2.45, 2.75) is 12.5 Å². The molecular formula is C11H17NO4. The van der Waals surface area contributed by atoms with Crippen LogP contribution in [0, 0.1) is 0 Å². The fourth-order valence-electron chi connectivity index (χ4n) is 1.25. The van der Waals surface area contributed by atoms with Crippen molar-refractivity contribution >= 4 is 5.91 Å². The molecule has 16 heavy (non-hydrogen) atoms. The van der Waals surface area contributed by atoms with E-state index in [4.69, 9.17) is 13.9 Å². The third kappa shape index (κ3) is 3.36. The molecule has 1 heterocycles. The number of carbonyl (C=O) groups is 1.